The number of likely N-dealkylation sites (N-methyl/N-ethyl adjacent to an activating group) is 1. The first-order valence-corrected chi connectivity index (χ1v) is 5.72. The highest BCUT2D eigenvalue weighted by Gasteiger charge is 2.27. The number of anilines is 1. The number of carbonyl (C=O) groups excluding carboxylic acids is 1. The molecular formula is C13H18N2O. The molecule has 86 valence electrons. The lowest BCUT2D eigenvalue weighted by atomic mass is 10.2. The second kappa shape index (κ2) is 4.56. The summed E-state index contributed by atoms with van der Waals surface area (Å²) in [5.41, 5.74) is 1.22. The van der Waals surface area contributed by atoms with E-state index in [1.54, 1.807) is 6.92 Å². The summed E-state index contributed by atoms with van der Waals surface area (Å²) in [7, 11) is 2.10. The van der Waals surface area contributed by atoms with Gasteiger partial charge in [0.1, 0.15) is 0 Å². The molecular weight excluding hydrogens is 200 g/mol. The van der Waals surface area contributed by atoms with Crippen molar-refractivity contribution in [2.45, 2.75) is 19.4 Å². The molecule has 2 rings (SSSR count). The van der Waals surface area contributed by atoms with Gasteiger partial charge in [0.2, 0.25) is 5.91 Å². The average molecular weight is 218 g/mol. The molecule has 16 heavy (non-hydrogen) atoms. The van der Waals surface area contributed by atoms with E-state index in [0.717, 1.165) is 19.5 Å². The monoisotopic (exact) mass is 218 g/mol. The third kappa shape index (κ3) is 2.18. The normalized spacial score (nSPS) is 19.9. The summed E-state index contributed by atoms with van der Waals surface area (Å²) < 4.78 is 0. The molecule has 3 nitrogen and oxygen atoms in total. The Bertz CT molecular complexity index is 363. The zero-order valence-electron chi connectivity index (χ0n) is 9.89. The van der Waals surface area contributed by atoms with E-state index in [9.17, 15) is 4.79 Å². The van der Waals surface area contributed by atoms with Crippen LogP contribution in [0, 0.1) is 0 Å². The highest BCUT2D eigenvalue weighted by Crippen LogP contribution is 2.20. The van der Waals surface area contributed by atoms with Crippen molar-refractivity contribution < 1.29 is 4.79 Å². The van der Waals surface area contributed by atoms with Crippen molar-refractivity contribution >= 4 is 11.6 Å². The molecule has 1 fully saturated rings. The predicted molar refractivity (Wildman–Crippen MR) is 65.5 cm³/mol. The molecule has 0 saturated carbocycles. The highest BCUT2D eigenvalue weighted by atomic mass is 16.2. The number of likely N-dealkylation sites (tertiary alicyclic amines) is 1. The van der Waals surface area contributed by atoms with Crippen LogP contribution < -0.4 is 4.90 Å². The molecule has 1 atom stereocenters. The van der Waals surface area contributed by atoms with Crippen LogP contribution in [0.2, 0.25) is 0 Å². The SMILES string of the molecule is CC(=O)N1CCC(N(C)c2ccccc2)C1. The molecule has 1 heterocycles. The quantitative estimate of drug-likeness (QED) is 0.755. The number of nitrogens with zero attached hydrogens (tertiary/aromatic N) is 2. The smallest absolute Gasteiger partial charge is 0.219 e. The van der Waals surface area contributed by atoms with Crippen LogP contribution >= 0.6 is 0 Å². The lowest BCUT2D eigenvalue weighted by molar-refractivity contribution is -0.127. The molecule has 1 aliphatic heterocycles. The molecule has 0 radical (unpaired) electrons. The largest absolute Gasteiger partial charge is 0.370 e. The third-order valence-electron chi connectivity index (χ3n) is 3.32. The van der Waals surface area contributed by atoms with Gasteiger partial charge in [-0.25, -0.2) is 0 Å². The van der Waals surface area contributed by atoms with Crippen molar-refractivity contribution in [3.63, 3.8) is 0 Å². The summed E-state index contributed by atoms with van der Waals surface area (Å²) >= 11 is 0. The first-order valence-electron chi connectivity index (χ1n) is 5.72. The fraction of sp³-hybridized carbons (Fsp3) is 0.462. The Morgan fingerprint density at radius 1 is 1.38 bits per heavy atom. The molecule has 0 aromatic heterocycles. The van der Waals surface area contributed by atoms with Gasteiger partial charge in [-0.1, -0.05) is 18.2 Å². The highest BCUT2D eigenvalue weighted by molar-refractivity contribution is 5.73. The topological polar surface area (TPSA) is 23.6 Å². The van der Waals surface area contributed by atoms with Gasteiger partial charge in [0.25, 0.3) is 0 Å². The number of para-hydroxylation sites is 1. The second-order valence-electron chi connectivity index (χ2n) is 4.35. The molecule has 1 aliphatic rings. The van der Waals surface area contributed by atoms with E-state index < -0.39 is 0 Å². The maximum atomic E-state index is 11.3. The molecule has 0 N–H and O–H groups in total. The average Bonchev–Trinajstić information content (AvgIpc) is 2.78. The Labute approximate surface area is 96.7 Å². The van der Waals surface area contributed by atoms with Crippen molar-refractivity contribution in [1.82, 2.24) is 4.90 Å². The van der Waals surface area contributed by atoms with Gasteiger partial charge in [-0.05, 0) is 18.6 Å². The van der Waals surface area contributed by atoms with E-state index in [4.69, 9.17) is 0 Å². The van der Waals surface area contributed by atoms with Crippen molar-refractivity contribution in [3.05, 3.63) is 30.3 Å². The maximum Gasteiger partial charge on any atom is 0.219 e. The molecule has 1 aromatic carbocycles. The Kier molecular flexibility index (Phi) is 3.13. The molecule has 0 aliphatic carbocycles. The van der Waals surface area contributed by atoms with Gasteiger partial charge in [0.05, 0.1) is 0 Å². The number of hydrogen-bond donors (Lipinski definition) is 0. The minimum absolute atomic E-state index is 0.184. The van der Waals surface area contributed by atoms with E-state index in [-0.39, 0.29) is 5.91 Å². The van der Waals surface area contributed by atoms with Crippen molar-refractivity contribution in [2.75, 3.05) is 25.0 Å². The van der Waals surface area contributed by atoms with Gasteiger partial charge >= 0.3 is 0 Å². The number of benzene rings is 1. The molecule has 1 aromatic rings. The lowest BCUT2D eigenvalue weighted by Gasteiger charge is -2.26. The van der Waals surface area contributed by atoms with Crippen LogP contribution in [0.3, 0.4) is 0 Å². The minimum atomic E-state index is 0.184. The van der Waals surface area contributed by atoms with E-state index in [2.05, 4.69) is 24.1 Å². The molecule has 1 saturated heterocycles. The first-order chi connectivity index (χ1) is 7.68. The molecule has 3 heteroatoms. The summed E-state index contributed by atoms with van der Waals surface area (Å²) in [6, 6.07) is 10.8. The van der Waals surface area contributed by atoms with Gasteiger partial charge in [0, 0.05) is 38.8 Å². The Morgan fingerprint density at radius 2 is 2.06 bits per heavy atom. The van der Waals surface area contributed by atoms with E-state index >= 15 is 0 Å². The van der Waals surface area contributed by atoms with Crippen molar-refractivity contribution in [2.24, 2.45) is 0 Å². The molecule has 0 spiro atoms. The summed E-state index contributed by atoms with van der Waals surface area (Å²) in [6.45, 7) is 3.38. The van der Waals surface area contributed by atoms with Crippen LogP contribution in [0.25, 0.3) is 0 Å². The molecule has 0 bridgehead atoms. The fourth-order valence-corrected chi connectivity index (χ4v) is 2.22. The Balaban J connectivity index is 2.02. The first kappa shape index (κ1) is 11.0. The number of carbonyl (C=O) groups is 1. The number of amides is 1. The standard InChI is InChI=1S/C13H18N2O/c1-11(16)15-9-8-13(10-15)14(2)12-6-4-3-5-7-12/h3-7,13H,8-10H2,1-2H3. The predicted octanol–water partition coefficient (Wildman–Crippen LogP) is 1.74. The summed E-state index contributed by atoms with van der Waals surface area (Å²) in [6.07, 6.45) is 1.06. The van der Waals surface area contributed by atoms with Crippen LogP contribution in [-0.2, 0) is 4.79 Å². The molecule has 1 unspecified atom stereocenters. The van der Waals surface area contributed by atoms with Crippen LogP contribution in [0.4, 0.5) is 5.69 Å². The van der Waals surface area contributed by atoms with Crippen LogP contribution in [0.1, 0.15) is 13.3 Å². The van der Waals surface area contributed by atoms with E-state index in [1.165, 1.54) is 5.69 Å². The van der Waals surface area contributed by atoms with E-state index in [1.807, 2.05) is 23.1 Å². The summed E-state index contributed by atoms with van der Waals surface area (Å²) in [5.74, 6) is 0.184. The van der Waals surface area contributed by atoms with E-state index in [0.29, 0.717) is 6.04 Å². The van der Waals surface area contributed by atoms with Crippen molar-refractivity contribution in [3.8, 4) is 0 Å². The van der Waals surface area contributed by atoms with Crippen LogP contribution in [-0.4, -0.2) is 37.0 Å². The Hall–Kier alpha value is -1.51. The van der Waals surface area contributed by atoms with Gasteiger partial charge in [-0.2, -0.15) is 0 Å². The van der Waals surface area contributed by atoms with Gasteiger partial charge in [0.15, 0.2) is 0 Å². The van der Waals surface area contributed by atoms with Crippen LogP contribution in [0.15, 0.2) is 30.3 Å². The van der Waals surface area contributed by atoms with Gasteiger partial charge in [-0.15, -0.1) is 0 Å². The zero-order chi connectivity index (χ0) is 11.5. The minimum Gasteiger partial charge on any atom is -0.370 e. The number of hydrogen-bond acceptors (Lipinski definition) is 2. The zero-order valence-corrected chi connectivity index (χ0v) is 9.89. The van der Waals surface area contributed by atoms with Crippen molar-refractivity contribution in [1.29, 1.82) is 0 Å². The van der Waals surface area contributed by atoms with Crippen LogP contribution in [0.5, 0.6) is 0 Å². The maximum absolute atomic E-state index is 11.3. The summed E-state index contributed by atoms with van der Waals surface area (Å²) in [4.78, 5) is 15.4. The Morgan fingerprint density at radius 3 is 2.62 bits per heavy atom. The second-order valence-corrected chi connectivity index (χ2v) is 4.35. The molecule has 1 amide bonds. The van der Waals surface area contributed by atoms with Gasteiger partial charge in [-0.3, -0.25) is 4.79 Å². The third-order valence-corrected chi connectivity index (χ3v) is 3.32. The lowest BCUT2D eigenvalue weighted by Crippen LogP contribution is -2.35. The number of rotatable bonds is 2. The van der Waals surface area contributed by atoms with Gasteiger partial charge < -0.3 is 9.80 Å². The fourth-order valence-electron chi connectivity index (χ4n) is 2.22. The summed E-state index contributed by atoms with van der Waals surface area (Å²) in [5, 5.41) is 0.